The zero-order valence-electron chi connectivity index (χ0n) is 16.4. The van der Waals surface area contributed by atoms with E-state index in [4.69, 9.17) is 4.74 Å². The summed E-state index contributed by atoms with van der Waals surface area (Å²) in [6.45, 7) is 5.82. The number of hydrogen-bond acceptors (Lipinski definition) is 7. The number of nitrogens with zero attached hydrogens (tertiary/aromatic N) is 4. The number of amides is 1. The van der Waals surface area contributed by atoms with Crippen molar-refractivity contribution in [1.29, 1.82) is 0 Å². The van der Waals surface area contributed by atoms with Crippen LogP contribution >= 0.6 is 11.8 Å². The first kappa shape index (κ1) is 20.5. The van der Waals surface area contributed by atoms with Gasteiger partial charge >= 0.3 is 5.97 Å². The molecule has 8 nitrogen and oxygen atoms in total. The van der Waals surface area contributed by atoms with Gasteiger partial charge in [0.15, 0.2) is 10.9 Å². The van der Waals surface area contributed by atoms with E-state index in [9.17, 15) is 9.59 Å². The summed E-state index contributed by atoms with van der Waals surface area (Å²) in [6, 6.07) is 10.7. The molecule has 1 N–H and O–H groups in total. The zero-order valence-corrected chi connectivity index (χ0v) is 17.2. The van der Waals surface area contributed by atoms with Crippen LogP contribution in [0.25, 0.3) is 5.69 Å². The summed E-state index contributed by atoms with van der Waals surface area (Å²) in [7, 11) is 0. The van der Waals surface area contributed by atoms with Gasteiger partial charge in [0, 0.05) is 23.3 Å². The molecule has 0 spiro atoms. The Morgan fingerprint density at radius 3 is 2.62 bits per heavy atom. The van der Waals surface area contributed by atoms with Gasteiger partial charge in [-0.3, -0.25) is 4.79 Å². The number of rotatable bonds is 7. The van der Waals surface area contributed by atoms with Crippen molar-refractivity contribution in [3.63, 3.8) is 0 Å². The van der Waals surface area contributed by atoms with Crippen LogP contribution in [0.2, 0.25) is 0 Å². The molecule has 0 fully saturated rings. The number of carbonyl (C=O) groups excluding carboxylic acids is 2. The molecule has 3 rings (SSSR count). The van der Waals surface area contributed by atoms with E-state index in [2.05, 4.69) is 20.4 Å². The number of ether oxygens (including phenoxy) is 1. The van der Waals surface area contributed by atoms with Gasteiger partial charge in [0.2, 0.25) is 5.91 Å². The van der Waals surface area contributed by atoms with Crippen molar-refractivity contribution in [2.24, 2.45) is 0 Å². The Balaban J connectivity index is 1.63. The predicted octanol–water partition coefficient (Wildman–Crippen LogP) is 3.19. The third kappa shape index (κ3) is 5.64. The second-order valence-corrected chi connectivity index (χ2v) is 7.13. The third-order valence-electron chi connectivity index (χ3n) is 3.76. The Morgan fingerprint density at radius 2 is 1.90 bits per heavy atom. The number of nitrogens with one attached hydrogen (secondary N) is 1. The van der Waals surface area contributed by atoms with Crippen molar-refractivity contribution >= 4 is 29.3 Å². The highest BCUT2D eigenvalue weighted by molar-refractivity contribution is 7.99. The van der Waals surface area contributed by atoms with Crippen LogP contribution in [-0.4, -0.2) is 44.0 Å². The number of aromatic nitrogens is 4. The van der Waals surface area contributed by atoms with E-state index >= 15 is 0 Å². The summed E-state index contributed by atoms with van der Waals surface area (Å²) in [5, 5.41) is 7.65. The standard InChI is InChI=1S/C20H21N5O3S/c1-4-28-19(27)17-8-9-25(24-17)16-7-5-6-15(11-16)23-18(26)12-29-20-21-13(2)10-14(3)22-20/h5-11H,4,12H2,1-3H3,(H,23,26). The van der Waals surface area contributed by atoms with Crippen LogP contribution in [-0.2, 0) is 9.53 Å². The second-order valence-electron chi connectivity index (χ2n) is 6.19. The normalized spacial score (nSPS) is 10.6. The maximum Gasteiger partial charge on any atom is 0.358 e. The molecule has 29 heavy (non-hydrogen) atoms. The fourth-order valence-electron chi connectivity index (χ4n) is 2.59. The quantitative estimate of drug-likeness (QED) is 0.362. The third-order valence-corrected chi connectivity index (χ3v) is 4.61. The molecule has 0 saturated heterocycles. The summed E-state index contributed by atoms with van der Waals surface area (Å²) < 4.78 is 6.50. The number of hydrogen-bond donors (Lipinski definition) is 1. The Labute approximate surface area is 172 Å². The Bertz CT molecular complexity index is 1010. The second kappa shape index (κ2) is 9.33. The highest BCUT2D eigenvalue weighted by atomic mass is 32.2. The average Bonchev–Trinajstić information content (AvgIpc) is 3.16. The molecule has 3 aromatic rings. The molecule has 2 aromatic heterocycles. The van der Waals surface area contributed by atoms with Crippen LogP contribution in [0.3, 0.4) is 0 Å². The van der Waals surface area contributed by atoms with Crippen molar-refractivity contribution in [3.05, 3.63) is 59.7 Å². The molecule has 150 valence electrons. The number of carbonyl (C=O) groups is 2. The smallest absolute Gasteiger partial charge is 0.358 e. The van der Waals surface area contributed by atoms with Gasteiger partial charge in [-0.25, -0.2) is 19.4 Å². The average molecular weight is 411 g/mol. The lowest BCUT2D eigenvalue weighted by Crippen LogP contribution is -2.14. The summed E-state index contributed by atoms with van der Waals surface area (Å²) in [6.07, 6.45) is 1.67. The fraction of sp³-hybridized carbons (Fsp3) is 0.250. The molecule has 0 aliphatic carbocycles. The van der Waals surface area contributed by atoms with Gasteiger partial charge in [-0.2, -0.15) is 5.10 Å². The first-order chi connectivity index (χ1) is 13.9. The molecule has 2 heterocycles. The maximum absolute atomic E-state index is 12.3. The minimum absolute atomic E-state index is 0.164. The van der Waals surface area contributed by atoms with Crippen molar-refractivity contribution in [3.8, 4) is 5.69 Å². The molecular weight excluding hydrogens is 390 g/mol. The van der Waals surface area contributed by atoms with Crippen LogP contribution in [0, 0.1) is 13.8 Å². The SMILES string of the molecule is CCOC(=O)c1ccn(-c2cccc(NC(=O)CSc3nc(C)cc(C)n3)c2)n1. The molecular formula is C20H21N5O3S. The molecule has 9 heteroatoms. The van der Waals surface area contributed by atoms with E-state index < -0.39 is 5.97 Å². The lowest BCUT2D eigenvalue weighted by Gasteiger charge is -2.08. The summed E-state index contributed by atoms with van der Waals surface area (Å²) in [5.74, 6) is -0.439. The van der Waals surface area contributed by atoms with E-state index in [1.807, 2.05) is 26.0 Å². The first-order valence-electron chi connectivity index (χ1n) is 9.03. The number of aryl methyl sites for hydroxylation is 2. The molecule has 0 unspecified atom stereocenters. The molecule has 0 aliphatic rings. The molecule has 0 atom stereocenters. The summed E-state index contributed by atoms with van der Waals surface area (Å²) in [4.78, 5) is 32.7. The summed E-state index contributed by atoms with van der Waals surface area (Å²) in [5.41, 5.74) is 3.31. The molecule has 0 aliphatic heterocycles. The number of benzene rings is 1. The Morgan fingerprint density at radius 1 is 1.14 bits per heavy atom. The monoisotopic (exact) mass is 411 g/mol. The molecule has 1 aromatic carbocycles. The van der Waals surface area contributed by atoms with Crippen LogP contribution in [0.15, 0.2) is 47.8 Å². The van der Waals surface area contributed by atoms with Gasteiger partial charge in [0.1, 0.15) is 0 Å². The van der Waals surface area contributed by atoms with Crippen LogP contribution < -0.4 is 5.32 Å². The predicted molar refractivity (Wildman–Crippen MR) is 110 cm³/mol. The van der Waals surface area contributed by atoms with Crippen LogP contribution in [0.4, 0.5) is 5.69 Å². The molecule has 0 bridgehead atoms. The molecule has 0 radical (unpaired) electrons. The minimum atomic E-state index is -0.471. The topological polar surface area (TPSA) is 99.0 Å². The van der Waals surface area contributed by atoms with Crippen LogP contribution in [0.5, 0.6) is 0 Å². The molecule has 1 amide bonds. The highest BCUT2D eigenvalue weighted by Crippen LogP contribution is 2.17. The van der Waals surface area contributed by atoms with E-state index in [0.29, 0.717) is 23.1 Å². The minimum Gasteiger partial charge on any atom is -0.461 e. The van der Waals surface area contributed by atoms with Gasteiger partial charge < -0.3 is 10.1 Å². The van der Waals surface area contributed by atoms with Crippen molar-refractivity contribution in [2.45, 2.75) is 25.9 Å². The fourth-order valence-corrected chi connectivity index (χ4v) is 3.34. The largest absolute Gasteiger partial charge is 0.461 e. The van der Waals surface area contributed by atoms with Crippen molar-refractivity contribution in [1.82, 2.24) is 19.7 Å². The van der Waals surface area contributed by atoms with Gasteiger partial charge in [0.25, 0.3) is 0 Å². The Kier molecular flexibility index (Phi) is 6.61. The van der Waals surface area contributed by atoms with E-state index in [1.165, 1.54) is 11.8 Å². The number of anilines is 1. The van der Waals surface area contributed by atoms with E-state index in [1.54, 1.807) is 42.1 Å². The summed E-state index contributed by atoms with van der Waals surface area (Å²) >= 11 is 1.28. The Hall–Kier alpha value is -3.20. The number of thioether (sulfide) groups is 1. The van der Waals surface area contributed by atoms with Crippen molar-refractivity contribution in [2.75, 3.05) is 17.7 Å². The van der Waals surface area contributed by atoms with Crippen molar-refractivity contribution < 1.29 is 14.3 Å². The van der Waals surface area contributed by atoms with E-state index in [-0.39, 0.29) is 17.4 Å². The lowest BCUT2D eigenvalue weighted by atomic mass is 10.3. The maximum atomic E-state index is 12.3. The van der Waals surface area contributed by atoms with Gasteiger partial charge in [-0.15, -0.1) is 0 Å². The van der Waals surface area contributed by atoms with Crippen LogP contribution in [0.1, 0.15) is 28.8 Å². The van der Waals surface area contributed by atoms with E-state index in [0.717, 1.165) is 11.4 Å². The zero-order chi connectivity index (χ0) is 20.8. The van der Waals surface area contributed by atoms with Gasteiger partial charge in [-0.05, 0) is 51.1 Å². The first-order valence-corrected chi connectivity index (χ1v) is 10.0. The van der Waals surface area contributed by atoms with Gasteiger partial charge in [0.05, 0.1) is 18.0 Å². The lowest BCUT2D eigenvalue weighted by molar-refractivity contribution is -0.113. The molecule has 0 saturated carbocycles. The number of esters is 1. The highest BCUT2D eigenvalue weighted by Gasteiger charge is 2.12. The van der Waals surface area contributed by atoms with Gasteiger partial charge in [-0.1, -0.05) is 17.8 Å².